The van der Waals surface area contributed by atoms with Crippen LogP contribution in [0.1, 0.15) is 54.1 Å². The summed E-state index contributed by atoms with van der Waals surface area (Å²) in [7, 11) is -2.65. The summed E-state index contributed by atoms with van der Waals surface area (Å²) in [5, 5.41) is 2.58. The number of rotatable bonds is 11. The Morgan fingerprint density at radius 1 is 1.05 bits per heavy atom. The molecule has 1 amide bonds. The average Bonchev–Trinajstić information content (AvgIpc) is 2.98. The average molecular weight is 611 g/mol. The fourth-order valence-corrected chi connectivity index (χ4v) is 6.09. The largest absolute Gasteiger partial charge is 0.466 e. The predicted octanol–water partition coefficient (Wildman–Crippen LogP) is 2.67. The molecule has 0 unspecified atom stereocenters. The Morgan fingerprint density at radius 2 is 1.74 bits per heavy atom. The third-order valence-electron chi connectivity index (χ3n) is 7.06. The number of aromatic nitrogens is 2. The van der Waals surface area contributed by atoms with Crippen molar-refractivity contribution in [1.29, 1.82) is 0 Å². The summed E-state index contributed by atoms with van der Waals surface area (Å²) in [6.07, 6.45) is 1.13. The maximum Gasteiger partial charge on any atom is 0.328 e. The van der Waals surface area contributed by atoms with Gasteiger partial charge in [0.2, 0.25) is 0 Å². The van der Waals surface area contributed by atoms with Gasteiger partial charge in [0.25, 0.3) is 21.5 Å². The van der Waals surface area contributed by atoms with Gasteiger partial charge in [-0.1, -0.05) is 6.07 Å². The molecule has 1 heterocycles. The van der Waals surface area contributed by atoms with Crippen molar-refractivity contribution in [1.82, 2.24) is 15.3 Å². The van der Waals surface area contributed by atoms with Crippen molar-refractivity contribution in [2.75, 3.05) is 24.6 Å². The number of esters is 2. The zero-order valence-electron chi connectivity index (χ0n) is 24.4. The first-order valence-electron chi connectivity index (χ1n) is 13.9. The van der Waals surface area contributed by atoms with Crippen molar-refractivity contribution < 1.29 is 32.3 Å². The van der Waals surface area contributed by atoms with E-state index in [1.54, 1.807) is 26.8 Å². The maximum atomic E-state index is 13.6. The van der Waals surface area contributed by atoms with Gasteiger partial charge in [-0.05, 0) is 87.6 Å². The molecule has 2 N–H and O–H groups in total. The van der Waals surface area contributed by atoms with Crippen LogP contribution in [0.4, 0.5) is 5.69 Å². The number of nitrogens with zero attached hydrogens (tertiary/aromatic N) is 2. The van der Waals surface area contributed by atoms with Crippen LogP contribution in [0.2, 0.25) is 0 Å². The fraction of sp³-hybridized carbons (Fsp3) is 0.367. The van der Waals surface area contributed by atoms with E-state index in [2.05, 4.69) is 15.3 Å². The Balaban J connectivity index is 1.53. The summed E-state index contributed by atoms with van der Waals surface area (Å²) >= 11 is 0. The molecule has 3 aromatic rings. The molecule has 2 aromatic carbocycles. The van der Waals surface area contributed by atoms with E-state index in [0.29, 0.717) is 35.5 Å². The Kier molecular flexibility index (Phi) is 9.64. The Bertz CT molecular complexity index is 1700. The topological polar surface area (TPSA) is 165 Å². The summed E-state index contributed by atoms with van der Waals surface area (Å²) in [6.45, 7) is 5.30. The second-order valence-electron chi connectivity index (χ2n) is 9.93. The number of carbonyl (C=O) groups is 3. The molecule has 1 aromatic heterocycles. The first-order valence-corrected chi connectivity index (χ1v) is 15.4. The Labute approximate surface area is 249 Å². The van der Waals surface area contributed by atoms with E-state index in [1.807, 2.05) is 0 Å². The molecule has 0 spiro atoms. The number of amides is 1. The highest BCUT2D eigenvalue weighted by Crippen LogP contribution is 2.33. The molecule has 12 nitrogen and oxygen atoms in total. The first kappa shape index (κ1) is 31.4. The highest BCUT2D eigenvalue weighted by molar-refractivity contribution is 7.92. The van der Waals surface area contributed by atoms with Gasteiger partial charge in [0.1, 0.15) is 11.9 Å². The fourth-order valence-electron chi connectivity index (χ4n) is 4.87. The van der Waals surface area contributed by atoms with Gasteiger partial charge in [0.15, 0.2) is 0 Å². The highest BCUT2D eigenvalue weighted by atomic mass is 32.2. The number of nitrogens with one attached hydrogen (secondary N) is 2. The lowest BCUT2D eigenvalue weighted by molar-refractivity contribution is -0.146. The molecule has 0 bridgehead atoms. The minimum Gasteiger partial charge on any atom is -0.466 e. The molecule has 13 heteroatoms. The van der Waals surface area contributed by atoms with Gasteiger partial charge in [-0.3, -0.25) is 18.7 Å². The minimum absolute atomic E-state index is 0.00210. The van der Waals surface area contributed by atoms with Gasteiger partial charge < -0.3 is 19.8 Å². The van der Waals surface area contributed by atoms with Crippen LogP contribution in [-0.2, 0) is 41.9 Å². The second-order valence-corrected chi connectivity index (χ2v) is 11.9. The molecule has 228 valence electrons. The van der Waals surface area contributed by atoms with Crippen molar-refractivity contribution >= 4 is 33.6 Å². The van der Waals surface area contributed by atoms with Crippen LogP contribution in [0.3, 0.4) is 0 Å². The number of anilines is 1. The van der Waals surface area contributed by atoms with E-state index in [4.69, 9.17) is 9.47 Å². The Morgan fingerprint density at radius 3 is 2.42 bits per heavy atom. The summed E-state index contributed by atoms with van der Waals surface area (Å²) in [6, 6.07) is 9.46. The van der Waals surface area contributed by atoms with Gasteiger partial charge >= 0.3 is 11.9 Å². The van der Waals surface area contributed by atoms with Crippen LogP contribution in [0.5, 0.6) is 0 Å². The molecule has 1 aliphatic rings. The summed E-state index contributed by atoms with van der Waals surface area (Å²) < 4.78 is 38.2. The lowest BCUT2D eigenvalue weighted by atomic mass is 9.89. The van der Waals surface area contributed by atoms with Crippen LogP contribution >= 0.6 is 0 Å². The number of ether oxygens (including phenoxy) is 2. The van der Waals surface area contributed by atoms with Crippen molar-refractivity contribution in [2.45, 2.75) is 57.4 Å². The molecule has 0 saturated carbocycles. The number of aryl methyl sites for hydroxylation is 3. The number of benzene rings is 2. The molecule has 43 heavy (non-hydrogen) atoms. The number of hydrogen-bond acceptors (Lipinski definition) is 9. The predicted molar refractivity (Wildman–Crippen MR) is 158 cm³/mol. The number of fused-ring (bicyclic) bond motifs is 3. The van der Waals surface area contributed by atoms with Gasteiger partial charge in [-0.15, -0.1) is 0 Å². The maximum absolute atomic E-state index is 13.6. The van der Waals surface area contributed by atoms with Crippen LogP contribution in [0, 0.1) is 6.92 Å². The normalized spacial score (nSPS) is 12.8. The third-order valence-corrected chi connectivity index (χ3v) is 8.85. The minimum atomic E-state index is -4.04. The number of H-pyrrole nitrogens is 1. The van der Waals surface area contributed by atoms with E-state index in [9.17, 15) is 27.6 Å². The van der Waals surface area contributed by atoms with E-state index < -0.39 is 33.9 Å². The van der Waals surface area contributed by atoms with Crippen LogP contribution in [0.25, 0.3) is 11.1 Å². The van der Waals surface area contributed by atoms with Gasteiger partial charge in [-0.25, -0.2) is 18.2 Å². The number of hydrogen-bond donors (Lipinski definition) is 2. The zero-order chi connectivity index (χ0) is 31.3. The van der Waals surface area contributed by atoms with E-state index in [1.165, 1.54) is 43.4 Å². The van der Waals surface area contributed by atoms with Crippen LogP contribution < -0.4 is 15.2 Å². The molecule has 4 rings (SSSR count). The van der Waals surface area contributed by atoms with Gasteiger partial charge in [0, 0.05) is 19.0 Å². The number of sulfonamides is 1. The summed E-state index contributed by atoms with van der Waals surface area (Å²) in [5.41, 5.74) is 2.56. The molecule has 0 aliphatic heterocycles. The Hall–Kier alpha value is -4.52. The monoisotopic (exact) mass is 610 g/mol. The molecule has 0 fully saturated rings. The summed E-state index contributed by atoms with van der Waals surface area (Å²) in [4.78, 5) is 56.9. The van der Waals surface area contributed by atoms with Crippen molar-refractivity contribution in [3.8, 4) is 11.1 Å². The van der Waals surface area contributed by atoms with Crippen molar-refractivity contribution in [3.63, 3.8) is 0 Å². The summed E-state index contributed by atoms with van der Waals surface area (Å²) in [5.74, 6) is -1.27. The van der Waals surface area contributed by atoms with Crippen molar-refractivity contribution in [3.05, 3.63) is 75.5 Å². The van der Waals surface area contributed by atoms with Crippen LogP contribution in [0.15, 0.2) is 52.2 Å². The molecule has 0 saturated heterocycles. The second kappa shape index (κ2) is 13.2. The molecular weight excluding hydrogens is 576 g/mol. The quantitative estimate of drug-likeness (QED) is 0.311. The first-order chi connectivity index (χ1) is 20.5. The standard InChI is InChI=1S/C30H34N4O8S/c1-5-41-26(35)16-15-25(30(38)42-6-2)33-28(36)20-7-11-21(12-8-20)34(4)43(39,40)22-13-9-19-10-14-24-27(23(19)17-22)29(37)32-18(3)31-24/h7-9,11-13,17,25H,5-6,10,14-16H2,1-4H3,(H,33,36)(H,31,32,37)/t25-/m0/s1. The lowest BCUT2D eigenvalue weighted by Gasteiger charge is -2.23. The van der Waals surface area contributed by atoms with E-state index in [-0.39, 0.29) is 47.8 Å². The number of carbonyl (C=O) groups excluding carboxylic acids is 3. The molecule has 1 aliphatic carbocycles. The molecule has 1 atom stereocenters. The van der Waals surface area contributed by atoms with E-state index >= 15 is 0 Å². The lowest BCUT2D eigenvalue weighted by Crippen LogP contribution is -2.42. The highest BCUT2D eigenvalue weighted by Gasteiger charge is 2.28. The SMILES string of the molecule is CCOC(=O)CC[C@H](NC(=O)c1ccc(N(C)S(=O)(=O)c2ccc3c(c2)-c2c(nc(C)[nH]c2=O)CC3)cc1)C(=O)OCC. The van der Waals surface area contributed by atoms with E-state index in [0.717, 1.165) is 9.87 Å². The van der Waals surface area contributed by atoms with Gasteiger partial charge in [-0.2, -0.15) is 0 Å². The molecular formula is C30H34N4O8S. The third kappa shape index (κ3) is 6.94. The van der Waals surface area contributed by atoms with Gasteiger partial charge in [0.05, 0.1) is 35.1 Å². The number of aromatic amines is 1. The van der Waals surface area contributed by atoms with Crippen molar-refractivity contribution in [2.24, 2.45) is 0 Å². The molecule has 0 radical (unpaired) electrons. The smallest absolute Gasteiger partial charge is 0.328 e. The van der Waals surface area contributed by atoms with Crippen LogP contribution in [-0.4, -0.2) is 62.5 Å². The zero-order valence-corrected chi connectivity index (χ0v) is 25.2.